The van der Waals surface area contributed by atoms with E-state index in [1.165, 1.54) is 0 Å². The first-order chi connectivity index (χ1) is 10.7. The molecule has 1 aromatic rings. The van der Waals surface area contributed by atoms with Crippen LogP contribution in [0.5, 0.6) is 0 Å². The molecule has 23 heavy (non-hydrogen) atoms. The number of thioether (sulfide) groups is 1. The molecule has 1 aliphatic rings. The van der Waals surface area contributed by atoms with Crippen molar-refractivity contribution in [1.82, 2.24) is 15.5 Å². The Hall–Kier alpha value is -1.24. The van der Waals surface area contributed by atoms with Gasteiger partial charge in [0.15, 0.2) is 0 Å². The summed E-state index contributed by atoms with van der Waals surface area (Å²) in [5.74, 6) is 1.09. The van der Waals surface area contributed by atoms with E-state index in [9.17, 15) is 9.59 Å². The van der Waals surface area contributed by atoms with Crippen molar-refractivity contribution in [3.8, 4) is 0 Å². The fourth-order valence-electron chi connectivity index (χ4n) is 2.30. The SMILES string of the molecule is CCCNCCNC(=O)C1CSCN1C(=O)c1ccccc1.Cl. The minimum atomic E-state index is -0.371. The lowest BCUT2D eigenvalue weighted by atomic mass is 10.1. The van der Waals surface area contributed by atoms with Crippen LogP contribution in [-0.2, 0) is 4.79 Å². The summed E-state index contributed by atoms with van der Waals surface area (Å²) in [6, 6.07) is 8.76. The molecule has 0 aliphatic carbocycles. The van der Waals surface area contributed by atoms with Gasteiger partial charge in [0.2, 0.25) is 5.91 Å². The average Bonchev–Trinajstić information content (AvgIpc) is 3.04. The van der Waals surface area contributed by atoms with E-state index in [1.807, 2.05) is 18.2 Å². The Kier molecular flexibility index (Phi) is 9.06. The number of hydrogen-bond acceptors (Lipinski definition) is 4. The number of rotatable bonds is 7. The standard InChI is InChI=1S/C16H23N3O2S.ClH/c1-2-8-17-9-10-18-15(20)14-11-22-12-19(14)16(21)13-6-4-3-5-7-13;/h3-7,14,17H,2,8-12H2,1H3,(H,18,20);1H. The molecule has 1 heterocycles. The Labute approximate surface area is 148 Å². The van der Waals surface area contributed by atoms with E-state index in [4.69, 9.17) is 0 Å². The fourth-order valence-corrected chi connectivity index (χ4v) is 3.45. The van der Waals surface area contributed by atoms with Crippen LogP contribution in [0, 0.1) is 0 Å². The van der Waals surface area contributed by atoms with Gasteiger partial charge in [-0.15, -0.1) is 24.2 Å². The van der Waals surface area contributed by atoms with Crippen LogP contribution in [0.25, 0.3) is 0 Å². The molecule has 2 rings (SSSR count). The van der Waals surface area contributed by atoms with Gasteiger partial charge in [0.1, 0.15) is 6.04 Å². The number of nitrogens with zero attached hydrogens (tertiary/aromatic N) is 1. The summed E-state index contributed by atoms with van der Waals surface area (Å²) < 4.78 is 0. The third-order valence-electron chi connectivity index (χ3n) is 3.49. The third kappa shape index (κ3) is 5.71. The van der Waals surface area contributed by atoms with Crippen LogP contribution < -0.4 is 10.6 Å². The number of hydrogen-bond donors (Lipinski definition) is 2. The summed E-state index contributed by atoms with van der Waals surface area (Å²) in [5.41, 5.74) is 0.632. The molecular formula is C16H24ClN3O2S. The maximum atomic E-state index is 12.5. The van der Waals surface area contributed by atoms with Crippen molar-refractivity contribution in [3.63, 3.8) is 0 Å². The molecule has 5 nitrogen and oxygen atoms in total. The number of nitrogens with one attached hydrogen (secondary N) is 2. The molecule has 1 fully saturated rings. The molecule has 0 radical (unpaired) electrons. The van der Waals surface area contributed by atoms with Crippen molar-refractivity contribution < 1.29 is 9.59 Å². The van der Waals surface area contributed by atoms with E-state index in [0.29, 0.717) is 23.7 Å². The average molecular weight is 358 g/mol. The zero-order chi connectivity index (χ0) is 15.8. The molecule has 2 N–H and O–H groups in total. The lowest BCUT2D eigenvalue weighted by Crippen LogP contribution is -2.48. The van der Waals surface area contributed by atoms with E-state index < -0.39 is 0 Å². The summed E-state index contributed by atoms with van der Waals surface area (Å²) in [6.45, 7) is 4.40. The molecule has 1 aromatic carbocycles. The van der Waals surface area contributed by atoms with E-state index >= 15 is 0 Å². The maximum absolute atomic E-state index is 12.5. The molecule has 2 amide bonds. The molecule has 128 valence electrons. The number of halogens is 1. The largest absolute Gasteiger partial charge is 0.353 e. The van der Waals surface area contributed by atoms with Crippen LogP contribution in [0.2, 0.25) is 0 Å². The van der Waals surface area contributed by atoms with Crippen molar-refractivity contribution in [3.05, 3.63) is 35.9 Å². The second-order valence-corrected chi connectivity index (χ2v) is 6.20. The van der Waals surface area contributed by atoms with Gasteiger partial charge in [-0.3, -0.25) is 9.59 Å². The minimum absolute atomic E-state index is 0. The normalized spacial score (nSPS) is 16.7. The van der Waals surface area contributed by atoms with Gasteiger partial charge in [0.05, 0.1) is 5.88 Å². The Morgan fingerprint density at radius 2 is 1.96 bits per heavy atom. The Morgan fingerprint density at radius 3 is 2.65 bits per heavy atom. The van der Waals surface area contributed by atoms with Crippen LogP contribution in [0.4, 0.5) is 0 Å². The Bertz CT molecular complexity index is 501. The van der Waals surface area contributed by atoms with Crippen LogP contribution in [-0.4, -0.2) is 54.0 Å². The van der Waals surface area contributed by atoms with E-state index in [2.05, 4.69) is 17.6 Å². The van der Waals surface area contributed by atoms with Crippen molar-refractivity contribution in [2.45, 2.75) is 19.4 Å². The zero-order valence-electron chi connectivity index (χ0n) is 13.3. The molecule has 7 heteroatoms. The smallest absolute Gasteiger partial charge is 0.255 e. The minimum Gasteiger partial charge on any atom is -0.353 e. The van der Waals surface area contributed by atoms with E-state index in [0.717, 1.165) is 19.5 Å². The monoisotopic (exact) mass is 357 g/mol. The van der Waals surface area contributed by atoms with Crippen molar-refractivity contribution >= 4 is 36.0 Å². The highest BCUT2D eigenvalue weighted by molar-refractivity contribution is 7.99. The molecule has 1 saturated heterocycles. The van der Waals surface area contributed by atoms with Gasteiger partial charge in [-0.05, 0) is 25.1 Å². The Balaban J connectivity index is 0.00000264. The zero-order valence-corrected chi connectivity index (χ0v) is 14.9. The third-order valence-corrected chi connectivity index (χ3v) is 4.51. The van der Waals surface area contributed by atoms with Crippen LogP contribution >= 0.6 is 24.2 Å². The van der Waals surface area contributed by atoms with Crippen LogP contribution in [0.15, 0.2) is 30.3 Å². The molecule has 0 spiro atoms. The number of carbonyl (C=O) groups is 2. The van der Waals surface area contributed by atoms with Gasteiger partial charge in [-0.1, -0.05) is 25.1 Å². The highest BCUT2D eigenvalue weighted by Gasteiger charge is 2.34. The molecule has 0 aromatic heterocycles. The molecule has 1 atom stereocenters. The van der Waals surface area contributed by atoms with Crippen molar-refractivity contribution in [2.24, 2.45) is 0 Å². The first-order valence-electron chi connectivity index (χ1n) is 7.66. The van der Waals surface area contributed by atoms with Crippen LogP contribution in [0.1, 0.15) is 23.7 Å². The summed E-state index contributed by atoms with van der Waals surface area (Å²) >= 11 is 1.62. The summed E-state index contributed by atoms with van der Waals surface area (Å²) in [7, 11) is 0. The molecule has 0 bridgehead atoms. The first-order valence-corrected chi connectivity index (χ1v) is 8.81. The van der Waals surface area contributed by atoms with Gasteiger partial charge in [0, 0.05) is 24.4 Å². The van der Waals surface area contributed by atoms with Gasteiger partial charge >= 0.3 is 0 Å². The van der Waals surface area contributed by atoms with Gasteiger partial charge in [0.25, 0.3) is 5.91 Å². The molecule has 0 saturated carbocycles. The second kappa shape index (κ2) is 10.5. The predicted octanol–water partition coefficient (Wildman–Crippen LogP) is 1.74. The lowest BCUT2D eigenvalue weighted by molar-refractivity contribution is -0.124. The number of amides is 2. The topological polar surface area (TPSA) is 61.4 Å². The maximum Gasteiger partial charge on any atom is 0.255 e. The van der Waals surface area contributed by atoms with Gasteiger partial charge in [-0.25, -0.2) is 0 Å². The quantitative estimate of drug-likeness (QED) is 0.730. The van der Waals surface area contributed by atoms with E-state index in [1.54, 1.807) is 28.8 Å². The van der Waals surface area contributed by atoms with E-state index in [-0.39, 0.29) is 30.3 Å². The van der Waals surface area contributed by atoms with Gasteiger partial charge < -0.3 is 15.5 Å². The van der Waals surface area contributed by atoms with Crippen molar-refractivity contribution in [2.75, 3.05) is 31.3 Å². The highest BCUT2D eigenvalue weighted by Crippen LogP contribution is 2.23. The molecule has 1 unspecified atom stereocenters. The Morgan fingerprint density at radius 1 is 1.22 bits per heavy atom. The number of carbonyl (C=O) groups excluding carboxylic acids is 2. The lowest BCUT2D eigenvalue weighted by Gasteiger charge is -2.23. The second-order valence-electron chi connectivity index (χ2n) is 5.20. The summed E-state index contributed by atoms with van der Waals surface area (Å²) in [5, 5.41) is 6.15. The molecule has 1 aliphatic heterocycles. The predicted molar refractivity (Wildman–Crippen MR) is 97.1 cm³/mol. The van der Waals surface area contributed by atoms with Gasteiger partial charge in [-0.2, -0.15) is 0 Å². The highest BCUT2D eigenvalue weighted by atomic mass is 35.5. The molecular weight excluding hydrogens is 334 g/mol. The van der Waals surface area contributed by atoms with Crippen LogP contribution in [0.3, 0.4) is 0 Å². The first kappa shape index (κ1) is 19.8. The van der Waals surface area contributed by atoms with Crippen molar-refractivity contribution in [1.29, 1.82) is 0 Å². The fraction of sp³-hybridized carbons (Fsp3) is 0.500. The number of benzene rings is 1. The summed E-state index contributed by atoms with van der Waals surface area (Å²) in [4.78, 5) is 26.4. The summed E-state index contributed by atoms with van der Waals surface area (Å²) in [6.07, 6.45) is 1.08.